The molecule has 6 heteroatoms. The van der Waals surface area contributed by atoms with Crippen LogP contribution in [-0.2, 0) is 9.68 Å². The fourth-order valence-electron chi connectivity index (χ4n) is 1.97. The average molecular weight is 318 g/mol. The normalized spacial score (nSPS) is 12.5. The van der Waals surface area contributed by atoms with Gasteiger partial charge in [-0.3, -0.25) is 0 Å². The molecule has 0 saturated carbocycles. The van der Waals surface area contributed by atoms with E-state index in [-0.39, 0.29) is 12.2 Å². The van der Waals surface area contributed by atoms with Gasteiger partial charge in [-0.05, 0) is 39.5 Å². The predicted octanol–water partition coefficient (Wildman–Crippen LogP) is 6.09. The van der Waals surface area contributed by atoms with Crippen LogP contribution in [0.2, 0.25) is 0 Å². The van der Waals surface area contributed by atoms with Crippen molar-refractivity contribution in [3.8, 4) is 0 Å². The predicted molar refractivity (Wildman–Crippen MR) is 90.2 cm³/mol. The van der Waals surface area contributed by atoms with Crippen LogP contribution in [0.25, 0.3) is 0 Å². The molecule has 0 aromatic carbocycles. The van der Waals surface area contributed by atoms with E-state index in [0.29, 0.717) is 0 Å². The summed E-state index contributed by atoms with van der Waals surface area (Å²) in [6.45, 7) is 8.08. The summed E-state index contributed by atoms with van der Waals surface area (Å²) in [6.07, 6.45) is 11.6. The lowest BCUT2D eigenvalue weighted by atomic mass is 10.1. The van der Waals surface area contributed by atoms with E-state index in [4.69, 9.17) is 0 Å². The van der Waals surface area contributed by atoms with Gasteiger partial charge in [0.15, 0.2) is 10.7 Å². The fourth-order valence-corrected chi connectivity index (χ4v) is 1.97. The van der Waals surface area contributed by atoms with E-state index in [9.17, 15) is 9.81 Å². The standard InChI is InChI=1S/2C8H17NO2/c2*1-3-4-5-6-7-8(2)11-9-10/h2*8H,3-7H2,1-2H3. The Kier molecular flexibility index (Phi) is 20.8. The molecule has 0 radical (unpaired) electrons. The van der Waals surface area contributed by atoms with E-state index >= 15 is 0 Å². The molecular weight excluding hydrogens is 284 g/mol. The summed E-state index contributed by atoms with van der Waals surface area (Å²) in [5.74, 6) is 0. The Bertz CT molecular complexity index is 216. The Hall–Kier alpha value is -1.20. The highest BCUT2D eigenvalue weighted by molar-refractivity contribution is 4.50. The molecule has 0 N–H and O–H groups in total. The van der Waals surface area contributed by atoms with Crippen LogP contribution in [0.4, 0.5) is 0 Å². The van der Waals surface area contributed by atoms with Crippen LogP contribution in [-0.4, -0.2) is 12.2 Å². The van der Waals surface area contributed by atoms with Crippen molar-refractivity contribution in [3.63, 3.8) is 0 Å². The monoisotopic (exact) mass is 318 g/mol. The summed E-state index contributed by atoms with van der Waals surface area (Å²) in [5.41, 5.74) is 0. The molecule has 0 rings (SSSR count). The SMILES string of the molecule is CCCCCCC(C)ON=O.CCCCCCC(C)ON=O. The van der Waals surface area contributed by atoms with Gasteiger partial charge in [0.1, 0.15) is 12.2 Å². The molecule has 0 saturated heterocycles. The number of hydrogen-bond donors (Lipinski definition) is 0. The number of rotatable bonds is 14. The van der Waals surface area contributed by atoms with Gasteiger partial charge in [0, 0.05) is 0 Å². The number of hydrogen-bond acceptors (Lipinski definition) is 6. The molecule has 6 nitrogen and oxygen atoms in total. The molecule has 0 amide bonds. The Morgan fingerprint density at radius 1 is 0.682 bits per heavy atom. The molecule has 2 atom stereocenters. The molecule has 0 fully saturated rings. The van der Waals surface area contributed by atoms with Crippen LogP contribution in [0.1, 0.15) is 91.9 Å². The molecule has 0 heterocycles. The second kappa shape index (κ2) is 19.8. The van der Waals surface area contributed by atoms with Crippen LogP contribution in [0.5, 0.6) is 0 Å². The molecule has 0 aliphatic carbocycles. The van der Waals surface area contributed by atoms with Gasteiger partial charge in [-0.2, -0.15) is 0 Å². The van der Waals surface area contributed by atoms with E-state index in [0.717, 1.165) is 25.7 Å². The molecule has 0 aromatic rings. The van der Waals surface area contributed by atoms with Gasteiger partial charge in [-0.1, -0.05) is 52.4 Å². The first-order valence-electron chi connectivity index (χ1n) is 8.59. The Morgan fingerprint density at radius 2 is 1.05 bits per heavy atom. The first-order chi connectivity index (χ1) is 10.6. The van der Waals surface area contributed by atoms with E-state index in [1.165, 1.54) is 38.5 Å². The third kappa shape index (κ3) is 21.1. The zero-order chi connectivity index (χ0) is 17.1. The maximum Gasteiger partial charge on any atom is 0.155 e. The number of nitrogens with zero attached hydrogens (tertiary/aromatic N) is 2. The van der Waals surface area contributed by atoms with Crippen molar-refractivity contribution < 1.29 is 9.68 Å². The Balaban J connectivity index is 0. The zero-order valence-electron chi connectivity index (χ0n) is 14.8. The summed E-state index contributed by atoms with van der Waals surface area (Å²) < 4.78 is 0. The summed E-state index contributed by atoms with van der Waals surface area (Å²) >= 11 is 0. The molecule has 0 bridgehead atoms. The second-order valence-corrected chi connectivity index (χ2v) is 5.68. The molecule has 0 spiro atoms. The van der Waals surface area contributed by atoms with Crippen molar-refractivity contribution in [1.29, 1.82) is 0 Å². The third-order valence-corrected chi connectivity index (χ3v) is 3.37. The molecule has 0 aliphatic heterocycles. The molecule has 2 unspecified atom stereocenters. The van der Waals surface area contributed by atoms with Gasteiger partial charge in [0.25, 0.3) is 0 Å². The van der Waals surface area contributed by atoms with Crippen molar-refractivity contribution in [2.24, 2.45) is 10.7 Å². The number of unbranched alkanes of at least 4 members (excludes halogenated alkanes) is 6. The summed E-state index contributed by atoms with van der Waals surface area (Å²) in [7, 11) is 0. The maximum atomic E-state index is 9.63. The van der Waals surface area contributed by atoms with E-state index < -0.39 is 0 Å². The van der Waals surface area contributed by atoms with E-state index in [1.54, 1.807) is 0 Å². The Morgan fingerprint density at radius 3 is 1.32 bits per heavy atom. The lowest BCUT2D eigenvalue weighted by Crippen LogP contribution is -2.02. The summed E-state index contributed by atoms with van der Waals surface area (Å²) in [4.78, 5) is 28.2. The van der Waals surface area contributed by atoms with Crippen molar-refractivity contribution >= 4 is 0 Å². The van der Waals surface area contributed by atoms with Crippen LogP contribution < -0.4 is 0 Å². The molecular formula is C16H34N2O4. The van der Waals surface area contributed by atoms with E-state index in [1.807, 2.05) is 13.8 Å². The van der Waals surface area contributed by atoms with Crippen LogP contribution in [0, 0.1) is 9.81 Å². The summed E-state index contributed by atoms with van der Waals surface area (Å²) in [6, 6.07) is 0. The molecule has 22 heavy (non-hydrogen) atoms. The highest BCUT2D eigenvalue weighted by Crippen LogP contribution is 2.08. The molecule has 132 valence electrons. The van der Waals surface area contributed by atoms with Crippen molar-refractivity contribution in [2.75, 3.05) is 0 Å². The van der Waals surface area contributed by atoms with Crippen molar-refractivity contribution in [1.82, 2.24) is 0 Å². The lowest BCUT2D eigenvalue weighted by molar-refractivity contribution is 0.0605. The average Bonchev–Trinajstić information content (AvgIpc) is 2.49. The van der Waals surface area contributed by atoms with Gasteiger partial charge in [-0.15, -0.1) is 9.81 Å². The molecule has 0 aromatic heterocycles. The Labute approximate surface area is 135 Å². The van der Waals surface area contributed by atoms with Gasteiger partial charge in [0.2, 0.25) is 0 Å². The summed E-state index contributed by atoms with van der Waals surface area (Å²) in [5, 5.41) is 4.77. The van der Waals surface area contributed by atoms with Crippen LogP contribution in [0.3, 0.4) is 0 Å². The minimum Gasteiger partial charge on any atom is -0.361 e. The van der Waals surface area contributed by atoms with Crippen LogP contribution in [0.15, 0.2) is 10.7 Å². The minimum absolute atomic E-state index is 0.00986. The third-order valence-electron chi connectivity index (χ3n) is 3.37. The van der Waals surface area contributed by atoms with Crippen molar-refractivity contribution in [2.45, 2.75) is 104 Å². The van der Waals surface area contributed by atoms with Gasteiger partial charge in [0.05, 0.1) is 0 Å². The highest BCUT2D eigenvalue weighted by atomic mass is 16.7. The smallest absolute Gasteiger partial charge is 0.155 e. The van der Waals surface area contributed by atoms with Gasteiger partial charge >= 0.3 is 0 Å². The minimum atomic E-state index is -0.00986. The van der Waals surface area contributed by atoms with Crippen LogP contribution >= 0.6 is 0 Å². The zero-order valence-corrected chi connectivity index (χ0v) is 14.8. The first-order valence-corrected chi connectivity index (χ1v) is 8.59. The van der Waals surface area contributed by atoms with Gasteiger partial charge in [-0.25, -0.2) is 0 Å². The second-order valence-electron chi connectivity index (χ2n) is 5.68. The quantitative estimate of drug-likeness (QED) is 0.221. The van der Waals surface area contributed by atoms with Crippen molar-refractivity contribution in [3.05, 3.63) is 9.81 Å². The lowest BCUT2D eigenvalue weighted by Gasteiger charge is -2.05. The van der Waals surface area contributed by atoms with E-state index in [2.05, 4.69) is 34.2 Å². The molecule has 0 aliphatic rings. The fraction of sp³-hybridized carbons (Fsp3) is 1.00. The first kappa shape index (κ1) is 23.1. The topological polar surface area (TPSA) is 77.3 Å². The largest absolute Gasteiger partial charge is 0.361 e. The highest BCUT2D eigenvalue weighted by Gasteiger charge is 2.01. The van der Waals surface area contributed by atoms with Gasteiger partial charge < -0.3 is 9.68 Å². The maximum absolute atomic E-state index is 9.63.